The monoisotopic (exact) mass is 331 g/mol. The highest BCUT2D eigenvalue weighted by Crippen LogP contribution is 2.26. The number of hydrogen-bond acceptors (Lipinski definition) is 4. The van der Waals surface area contributed by atoms with Crippen LogP contribution in [0.4, 0.5) is 0 Å². The van der Waals surface area contributed by atoms with Crippen molar-refractivity contribution in [2.75, 3.05) is 18.8 Å². The van der Waals surface area contributed by atoms with Crippen LogP contribution in [-0.2, 0) is 19.9 Å². The average molecular weight is 331 g/mol. The highest BCUT2D eigenvalue weighted by molar-refractivity contribution is 7.92. The minimum Gasteiger partial charge on any atom is -0.223 e. The van der Waals surface area contributed by atoms with E-state index in [1.165, 1.54) is 4.31 Å². The largest absolute Gasteiger partial charge is 0.223 e. The number of benzene rings is 1. The maximum Gasteiger partial charge on any atom is 0.214 e. The Morgan fingerprint density at radius 1 is 1.14 bits per heavy atom. The molecular weight excluding hydrogens is 310 g/mol. The molecule has 1 aliphatic rings. The van der Waals surface area contributed by atoms with E-state index in [1.54, 1.807) is 30.3 Å². The van der Waals surface area contributed by atoms with E-state index in [0.29, 0.717) is 6.42 Å². The smallest absolute Gasteiger partial charge is 0.214 e. The maximum atomic E-state index is 12.5. The molecule has 118 valence electrons. The molecule has 21 heavy (non-hydrogen) atoms. The fourth-order valence-corrected chi connectivity index (χ4v) is 6.18. The van der Waals surface area contributed by atoms with Gasteiger partial charge in [0.15, 0.2) is 9.84 Å². The molecule has 1 aromatic rings. The molecule has 1 atom stereocenters. The topological polar surface area (TPSA) is 71.5 Å². The van der Waals surface area contributed by atoms with Gasteiger partial charge in [0.2, 0.25) is 10.0 Å². The minimum atomic E-state index is -3.47. The molecule has 0 bridgehead atoms. The zero-order chi connectivity index (χ0) is 15.7. The van der Waals surface area contributed by atoms with Gasteiger partial charge in [-0.2, -0.15) is 0 Å². The van der Waals surface area contributed by atoms with Crippen molar-refractivity contribution in [3.8, 4) is 0 Å². The van der Waals surface area contributed by atoms with Crippen molar-refractivity contribution in [1.82, 2.24) is 4.31 Å². The van der Waals surface area contributed by atoms with E-state index >= 15 is 0 Å². The second-order valence-corrected chi connectivity index (χ2v) is 10.0. The van der Waals surface area contributed by atoms with Gasteiger partial charge in [-0.1, -0.05) is 32.0 Å². The van der Waals surface area contributed by atoms with Gasteiger partial charge in [0.05, 0.1) is 15.9 Å². The van der Waals surface area contributed by atoms with E-state index < -0.39 is 25.1 Å². The number of hydrogen-bond donors (Lipinski definition) is 0. The van der Waals surface area contributed by atoms with Crippen molar-refractivity contribution in [2.24, 2.45) is 5.92 Å². The van der Waals surface area contributed by atoms with Crippen LogP contribution in [0.25, 0.3) is 0 Å². The Morgan fingerprint density at radius 3 is 2.33 bits per heavy atom. The van der Waals surface area contributed by atoms with Crippen LogP contribution in [0.1, 0.15) is 20.3 Å². The third-order valence-electron chi connectivity index (χ3n) is 3.56. The molecule has 0 amide bonds. The van der Waals surface area contributed by atoms with Gasteiger partial charge in [-0.05, 0) is 24.5 Å². The molecule has 7 heteroatoms. The fourth-order valence-electron chi connectivity index (χ4n) is 2.53. The quantitative estimate of drug-likeness (QED) is 0.820. The molecular formula is C14H21NO4S2. The summed E-state index contributed by atoms with van der Waals surface area (Å²) in [6, 6.07) is 8.22. The van der Waals surface area contributed by atoms with Crippen LogP contribution in [0.2, 0.25) is 0 Å². The van der Waals surface area contributed by atoms with Gasteiger partial charge in [-0.15, -0.1) is 0 Å². The van der Waals surface area contributed by atoms with E-state index in [-0.39, 0.29) is 29.7 Å². The fraction of sp³-hybridized carbons (Fsp3) is 0.571. The molecule has 1 saturated heterocycles. The molecule has 1 heterocycles. The molecule has 0 aromatic heterocycles. The molecule has 2 rings (SSSR count). The summed E-state index contributed by atoms with van der Waals surface area (Å²) in [5.41, 5.74) is 0. The normalized spacial score (nSPS) is 21.0. The summed E-state index contributed by atoms with van der Waals surface area (Å²) in [7, 11) is -6.83. The van der Waals surface area contributed by atoms with Crippen molar-refractivity contribution < 1.29 is 16.8 Å². The Balaban J connectivity index is 2.16. The highest BCUT2D eigenvalue weighted by atomic mass is 32.2. The van der Waals surface area contributed by atoms with Crippen molar-refractivity contribution in [2.45, 2.75) is 30.4 Å². The molecule has 1 unspecified atom stereocenters. The zero-order valence-corrected chi connectivity index (χ0v) is 13.9. The van der Waals surface area contributed by atoms with E-state index in [2.05, 4.69) is 0 Å². The van der Waals surface area contributed by atoms with Crippen LogP contribution < -0.4 is 0 Å². The third-order valence-corrected chi connectivity index (χ3v) is 7.95. The van der Waals surface area contributed by atoms with Gasteiger partial charge < -0.3 is 0 Å². The summed E-state index contributed by atoms with van der Waals surface area (Å²) < 4.78 is 50.7. The molecule has 5 nitrogen and oxygen atoms in total. The van der Waals surface area contributed by atoms with E-state index in [9.17, 15) is 16.8 Å². The zero-order valence-electron chi connectivity index (χ0n) is 12.3. The number of sulfonamides is 1. The first-order chi connectivity index (χ1) is 9.73. The molecule has 1 aliphatic heterocycles. The maximum absolute atomic E-state index is 12.5. The van der Waals surface area contributed by atoms with Gasteiger partial charge in [0.25, 0.3) is 0 Å². The summed E-state index contributed by atoms with van der Waals surface area (Å²) in [6.07, 6.45) is 0.356. The van der Waals surface area contributed by atoms with E-state index in [1.807, 2.05) is 13.8 Å². The highest BCUT2D eigenvalue weighted by Gasteiger charge is 2.38. The minimum absolute atomic E-state index is 0.0276. The Labute approximate surface area is 126 Å². The van der Waals surface area contributed by atoms with Crippen LogP contribution in [0.3, 0.4) is 0 Å². The van der Waals surface area contributed by atoms with Crippen molar-refractivity contribution >= 4 is 19.9 Å². The van der Waals surface area contributed by atoms with Gasteiger partial charge in [-0.25, -0.2) is 21.1 Å². The lowest BCUT2D eigenvalue weighted by Gasteiger charge is -2.18. The number of sulfone groups is 1. The first-order valence-corrected chi connectivity index (χ1v) is 10.2. The lowest BCUT2D eigenvalue weighted by Crippen LogP contribution is -2.34. The van der Waals surface area contributed by atoms with Gasteiger partial charge in [0.1, 0.15) is 0 Å². The predicted molar refractivity (Wildman–Crippen MR) is 82.2 cm³/mol. The lowest BCUT2D eigenvalue weighted by molar-refractivity contribution is 0.469. The summed E-state index contributed by atoms with van der Waals surface area (Å²) >= 11 is 0. The Morgan fingerprint density at radius 2 is 1.76 bits per heavy atom. The summed E-state index contributed by atoms with van der Waals surface area (Å²) in [5.74, 6) is 0.0882. The SMILES string of the molecule is CC(C)CS(=O)(=O)N1CCC(S(=O)(=O)c2ccccc2)C1. The Bertz CT molecular complexity index is 681. The van der Waals surface area contributed by atoms with Crippen LogP contribution in [-0.4, -0.2) is 45.2 Å². The van der Waals surface area contributed by atoms with Crippen LogP contribution in [0, 0.1) is 5.92 Å². The summed E-state index contributed by atoms with van der Waals surface area (Å²) in [5, 5.41) is -0.651. The molecule has 0 aliphatic carbocycles. The first-order valence-electron chi connectivity index (χ1n) is 7.00. The predicted octanol–water partition coefficient (Wildman–Crippen LogP) is 1.52. The van der Waals surface area contributed by atoms with Crippen molar-refractivity contribution in [3.63, 3.8) is 0 Å². The first kappa shape index (κ1) is 16.5. The Kier molecular flexibility index (Phi) is 4.75. The Hall–Kier alpha value is -0.920. The molecule has 0 spiro atoms. The van der Waals surface area contributed by atoms with Gasteiger partial charge in [-0.3, -0.25) is 0 Å². The van der Waals surface area contributed by atoms with Crippen LogP contribution in [0.15, 0.2) is 35.2 Å². The summed E-state index contributed by atoms with van der Waals surface area (Å²) in [4.78, 5) is 0.262. The lowest BCUT2D eigenvalue weighted by atomic mass is 10.3. The van der Waals surface area contributed by atoms with Gasteiger partial charge >= 0.3 is 0 Å². The molecule has 0 radical (unpaired) electrons. The molecule has 0 N–H and O–H groups in total. The average Bonchev–Trinajstić information content (AvgIpc) is 2.89. The van der Waals surface area contributed by atoms with E-state index in [0.717, 1.165) is 0 Å². The van der Waals surface area contributed by atoms with Crippen LogP contribution in [0.5, 0.6) is 0 Å². The standard InChI is InChI=1S/C14H21NO4S2/c1-12(2)11-20(16,17)15-9-8-14(10-15)21(18,19)13-6-4-3-5-7-13/h3-7,12,14H,8-11H2,1-2H3. The van der Waals surface area contributed by atoms with Crippen LogP contribution >= 0.6 is 0 Å². The second-order valence-electron chi connectivity index (χ2n) is 5.80. The second kappa shape index (κ2) is 6.06. The van der Waals surface area contributed by atoms with Crippen molar-refractivity contribution in [3.05, 3.63) is 30.3 Å². The number of rotatable bonds is 5. The summed E-state index contributed by atoms with van der Waals surface area (Å²) in [6.45, 7) is 4.02. The number of nitrogens with zero attached hydrogens (tertiary/aromatic N) is 1. The molecule has 0 saturated carbocycles. The molecule has 1 aromatic carbocycles. The van der Waals surface area contributed by atoms with Crippen molar-refractivity contribution in [1.29, 1.82) is 0 Å². The third kappa shape index (κ3) is 3.64. The van der Waals surface area contributed by atoms with Gasteiger partial charge in [0, 0.05) is 13.1 Å². The van der Waals surface area contributed by atoms with E-state index in [4.69, 9.17) is 0 Å². The molecule has 1 fully saturated rings.